The van der Waals surface area contributed by atoms with Crippen LogP contribution in [0.3, 0.4) is 0 Å². The quantitative estimate of drug-likeness (QED) is 0.747. The Morgan fingerprint density at radius 3 is 1.90 bits per heavy atom. The summed E-state index contributed by atoms with van der Waals surface area (Å²) in [6.07, 6.45) is 0.226. The van der Waals surface area contributed by atoms with Gasteiger partial charge in [-0.25, -0.2) is 0 Å². The Labute approximate surface area is 170 Å². The molecule has 7 heteroatoms. The number of hydrogen-bond donors (Lipinski definition) is 0. The molecule has 0 N–H and O–H groups in total. The summed E-state index contributed by atoms with van der Waals surface area (Å²) in [7, 11) is 4.64. The van der Waals surface area contributed by atoms with E-state index in [1.54, 1.807) is 43.3 Å². The van der Waals surface area contributed by atoms with Gasteiger partial charge in [-0.1, -0.05) is 18.2 Å². The molecular weight excluding hydrogens is 372 g/mol. The fraction of sp³-hybridized carbons (Fsp3) is 0.364. The van der Waals surface area contributed by atoms with Gasteiger partial charge in [-0.3, -0.25) is 9.59 Å². The van der Waals surface area contributed by atoms with Gasteiger partial charge in [-0.15, -0.1) is 0 Å². The minimum Gasteiger partial charge on any atom is -0.493 e. The van der Waals surface area contributed by atoms with Crippen molar-refractivity contribution >= 4 is 11.8 Å². The van der Waals surface area contributed by atoms with Crippen molar-refractivity contribution in [1.29, 1.82) is 0 Å². The van der Waals surface area contributed by atoms with E-state index in [1.807, 2.05) is 30.3 Å². The van der Waals surface area contributed by atoms with Crippen molar-refractivity contribution in [3.63, 3.8) is 0 Å². The molecule has 154 valence electrons. The lowest BCUT2D eigenvalue weighted by Gasteiger charge is -2.35. The molecule has 2 aromatic carbocycles. The van der Waals surface area contributed by atoms with Crippen molar-refractivity contribution in [1.82, 2.24) is 9.80 Å². The first kappa shape index (κ1) is 20.5. The number of carbonyl (C=O) groups excluding carboxylic acids is 2. The Kier molecular flexibility index (Phi) is 6.59. The number of rotatable bonds is 6. The monoisotopic (exact) mass is 398 g/mol. The summed E-state index contributed by atoms with van der Waals surface area (Å²) in [6, 6.07) is 12.8. The molecule has 1 fully saturated rings. The molecule has 0 bridgehead atoms. The van der Waals surface area contributed by atoms with Crippen LogP contribution < -0.4 is 14.2 Å². The Balaban J connectivity index is 1.62. The number of methoxy groups -OCH3 is 3. The lowest BCUT2D eigenvalue weighted by molar-refractivity contribution is -0.131. The summed E-state index contributed by atoms with van der Waals surface area (Å²) in [5.74, 6) is 1.55. The highest BCUT2D eigenvalue weighted by molar-refractivity contribution is 5.94. The lowest BCUT2D eigenvalue weighted by atomic mass is 10.1. The number of piperazine rings is 1. The maximum absolute atomic E-state index is 12.8. The highest BCUT2D eigenvalue weighted by Gasteiger charge is 2.25. The van der Waals surface area contributed by atoms with E-state index in [0.717, 1.165) is 5.56 Å². The first-order valence-corrected chi connectivity index (χ1v) is 9.48. The van der Waals surface area contributed by atoms with E-state index in [9.17, 15) is 9.59 Å². The summed E-state index contributed by atoms with van der Waals surface area (Å²) in [5.41, 5.74) is 1.46. The molecular formula is C22H26N2O5. The normalized spacial score (nSPS) is 13.8. The largest absolute Gasteiger partial charge is 0.493 e. The topological polar surface area (TPSA) is 68.3 Å². The van der Waals surface area contributed by atoms with Gasteiger partial charge in [0.2, 0.25) is 11.7 Å². The maximum atomic E-state index is 12.8. The summed E-state index contributed by atoms with van der Waals surface area (Å²) in [6.45, 7) is 2.08. The lowest BCUT2D eigenvalue weighted by Crippen LogP contribution is -2.51. The number of ether oxygens (including phenoxy) is 3. The van der Waals surface area contributed by atoms with Crippen LogP contribution in [0.1, 0.15) is 15.9 Å². The zero-order valence-corrected chi connectivity index (χ0v) is 17.0. The number of amides is 2. The Morgan fingerprint density at radius 1 is 0.828 bits per heavy atom. The van der Waals surface area contributed by atoms with Crippen molar-refractivity contribution in [2.24, 2.45) is 0 Å². The molecule has 0 saturated carbocycles. The average Bonchev–Trinajstić information content (AvgIpc) is 2.78. The molecule has 7 nitrogen and oxygen atoms in total. The van der Waals surface area contributed by atoms with Crippen molar-refractivity contribution in [2.75, 3.05) is 47.5 Å². The predicted molar refractivity (Wildman–Crippen MR) is 109 cm³/mol. The van der Waals surface area contributed by atoms with Crippen LogP contribution in [-0.4, -0.2) is 69.1 Å². The first-order valence-electron chi connectivity index (χ1n) is 9.48. The van der Waals surface area contributed by atoms with Gasteiger partial charge in [0.25, 0.3) is 5.91 Å². The number of nitrogens with zero attached hydrogens (tertiary/aromatic N) is 2. The summed E-state index contributed by atoms with van der Waals surface area (Å²) < 4.78 is 16.0. The van der Waals surface area contributed by atoms with Crippen LogP contribution in [0.25, 0.3) is 0 Å². The van der Waals surface area contributed by atoms with E-state index in [4.69, 9.17) is 14.2 Å². The van der Waals surface area contributed by atoms with Crippen molar-refractivity contribution in [2.45, 2.75) is 6.42 Å². The Hall–Kier alpha value is -3.22. The van der Waals surface area contributed by atoms with Crippen molar-refractivity contribution < 1.29 is 23.8 Å². The van der Waals surface area contributed by atoms with E-state index in [1.165, 1.54) is 0 Å². The molecule has 0 aromatic heterocycles. The second-order valence-corrected chi connectivity index (χ2v) is 6.75. The molecule has 1 heterocycles. The predicted octanol–water partition coefficient (Wildman–Crippen LogP) is 2.24. The molecule has 2 aromatic rings. The molecule has 0 radical (unpaired) electrons. The minimum absolute atomic E-state index is 0.00215. The Bertz CT molecular complexity index is 836. The van der Waals surface area contributed by atoms with Gasteiger partial charge in [0, 0.05) is 31.7 Å². The zero-order valence-electron chi connectivity index (χ0n) is 17.0. The van der Waals surface area contributed by atoms with Crippen molar-refractivity contribution in [3.8, 4) is 17.2 Å². The van der Waals surface area contributed by atoms with Gasteiger partial charge in [0.05, 0.1) is 27.8 Å². The fourth-order valence-electron chi connectivity index (χ4n) is 3.45. The van der Waals surface area contributed by atoms with Gasteiger partial charge >= 0.3 is 0 Å². The third-order valence-electron chi connectivity index (χ3n) is 5.02. The first-order chi connectivity index (χ1) is 14.1. The molecule has 29 heavy (non-hydrogen) atoms. The van der Waals surface area contributed by atoms with E-state index < -0.39 is 0 Å². The van der Waals surface area contributed by atoms with Gasteiger partial charge in [-0.05, 0) is 29.8 Å². The highest BCUT2D eigenvalue weighted by atomic mass is 16.5. The smallest absolute Gasteiger partial charge is 0.253 e. The van der Waals surface area contributed by atoms with E-state index in [-0.39, 0.29) is 18.2 Å². The zero-order chi connectivity index (χ0) is 20.8. The van der Waals surface area contributed by atoms with Crippen molar-refractivity contribution in [3.05, 3.63) is 53.6 Å². The minimum atomic E-state index is 0.00215. The van der Waals surface area contributed by atoms with E-state index in [0.29, 0.717) is 49.0 Å². The number of hydrogen-bond acceptors (Lipinski definition) is 5. The van der Waals surface area contributed by atoms with Crippen LogP contribution in [0.15, 0.2) is 42.5 Å². The van der Waals surface area contributed by atoms with Gasteiger partial charge < -0.3 is 24.0 Å². The fourth-order valence-corrected chi connectivity index (χ4v) is 3.45. The molecule has 2 amide bonds. The maximum Gasteiger partial charge on any atom is 0.253 e. The van der Waals surface area contributed by atoms with Gasteiger partial charge in [0.15, 0.2) is 11.5 Å². The van der Waals surface area contributed by atoms with Gasteiger partial charge in [0.1, 0.15) is 0 Å². The molecule has 0 unspecified atom stereocenters. The molecule has 0 spiro atoms. The molecule has 3 rings (SSSR count). The third-order valence-corrected chi connectivity index (χ3v) is 5.02. The van der Waals surface area contributed by atoms with Crippen LogP contribution in [0.5, 0.6) is 17.2 Å². The number of benzene rings is 2. The number of carbonyl (C=O) groups is 2. The van der Waals surface area contributed by atoms with Crippen LogP contribution >= 0.6 is 0 Å². The second-order valence-electron chi connectivity index (χ2n) is 6.75. The average molecular weight is 398 g/mol. The summed E-state index contributed by atoms with van der Waals surface area (Å²) >= 11 is 0. The van der Waals surface area contributed by atoms with E-state index >= 15 is 0 Å². The van der Waals surface area contributed by atoms with Gasteiger partial charge in [-0.2, -0.15) is 0 Å². The second kappa shape index (κ2) is 9.32. The van der Waals surface area contributed by atoms with Crippen LogP contribution in [0.4, 0.5) is 0 Å². The molecule has 1 aliphatic heterocycles. The molecule has 1 saturated heterocycles. The SMILES string of the molecule is COc1cc(CC(=O)N2CCN(C(=O)c3ccccc3)CC2)cc(OC)c1OC. The molecule has 0 aliphatic carbocycles. The summed E-state index contributed by atoms with van der Waals surface area (Å²) in [5, 5.41) is 0. The van der Waals surface area contributed by atoms with Crippen LogP contribution in [0.2, 0.25) is 0 Å². The Morgan fingerprint density at radius 2 is 1.38 bits per heavy atom. The highest BCUT2D eigenvalue weighted by Crippen LogP contribution is 2.38. The van der Waals surface area contributed by atoms with Crippen LogP contribution in [-0.2, 0) is 11.2 Å². The summed E-state index contributed by atoms with van der Waals surface area (Å²) in [4.78, 5) is 28.9. The third kappa shape index (κ3) is 4.62. The van der Waals surface area contributed by atoms with E-state index in [2.05, 4.69) is 0 Å². The standard InChI is InChI=1S/C22H26N2O5/c1-27-18-13-16(14-19(28-2)21(18)29-3)15-20(25)23-9-11-24(12-10-23)22(26)17-7-5-4-6-8-17/h4-8,13-14H,9-12,15H2,1-3H3. The molecule has 0 atom stereocenters. The van der Waals surface area contributed by atoms with Crippen LogP contribution in [0, 0.1) is 0 Å². The molecule has 1 aliphatic rings.